The van der Waals surface area contributed by atoms with Gasteiger partial charge in [-0.2, -0.15) is 11.8 Å². The van der Waals surface area contributed by atoms with Gasteiger partial charge in [-0.3, -0.25) is 4.90 Å². The summed E-state index contributed by atoms with van der Waals surface area (Å²) in [4.78, 5) is 24.6. The average Bonchev–Trinajstić information content (AvgIpc) is 2.50. The number of rotatable bonds is 7. The molecule has 1 aromatic carbocycles. The second kappa shape index (κ2) is 8.41. The molecular weight excluding hydrogens is 292 g/mol. The third-order valence-corrected chi connectivity index (χ3v) is 3.61. The summed E-state index contributed by atoms with van der Waals surface area (Å²) in [6.07, 6.45) is 2.28. The lowest BCUT2D eigenvalue weighted by Gasteiger charge is -2.21. The van der Waals surface area contributed by atoms with Crippen molar-refractivity contribution in [3.05, 3.63) is 24.3 Å². The first kappa shape index (κ1) is 17.2. The highest BCUT2D eigenvalue weighted by Crippen LogP contribution is 2.18. The van der Waals surface area contributed by atoms with E-state index in [1.54, 1.807) is 50.2 Å². The van der Waals surface area contributed by atoms with Gasteiger partial charge in [0.25, 0.3) is 0 Å². The van der Waals surface area contributed by atoms with Crippen molar-refractivity contribution >= 4 is 29.4 Å². The maximum atomic E-state index is 12.1. The summed E-state index contributed by atoms with van der Waals surface area (Å²) in [6.45, 7) is 0. The third kappa shape index (κ3) is 5.18. The van der Waals surface area contributed by atoms with Crippen LogP contribution in [0.25, 0.3) is 0 Å². The lowest BCUT2D eigenvalue weighted by molar-refractivity contribution is -0.139. The van der Waals surface area contributed by atoms with E-state index in [1.807, 2.05) is 6.26 Å². The van der Waals surface area contributed by atoms with Crippen molar-refractivity contribution in [2.75, 3.05) is 31.1 Å². The van der Waals surface area contributed by atoms with E-state index >= 15 is 0 Å². The van der Waals surface area contributed by atoms with Crippen LogP contribution in [0, 0.1) is 0 Å². The van der Waals surface area contributed by atoms with Gasteiger partial charge in [0.05, 0.1) is 7.11 Å². The summed E-state index contributed by atoms with van der Waals surface area (Å²) in [5, 5.41) is 11.6. The first-order chi connectivity index (χ1) is 9.99. The van der Waals surface area contributed by atoms with E-state index < -0.39 is 18.0 Å². The molecule has 0 unspecified atom stereocenters. The normalized spacial score (nSPS) is 11.6. The molecule has 2 amide bonds. The molecule has 0 fully saturated rings. The van der Waals surface area contributed by atoms with Crippen LogP contribution >= 0.6 is 11.8 Å². The highest BCUT2D eigenvalue weighted by molar-refractivity contribution is 7.98. The van der Waals surface area contributed by atoms with Crippen LogP contribution in [0.5, 0.6) is 5.75 Å². The van der Waals surface area contributed by atoms with E-state index in [0.717, 1.165) is 0 Å². The molecule has 0 bridgehead atoms. The van der Waals surface area contributed by atoms with Gasteiger partial charge in [-0.25, -0.2) is 9.59 Å². The summed E-state index contributed by atoms with van der Waals surface area (Å²) < 4.78 is 5.05. The fraction of sp³-hybridized carbons (Fsp3) is 0.429. The molecule has 0 radical (unpaired) electrons. The average molecular weight is 312 g/mol. The molecule has 0 aliphatic heterocycles. The second-order valence-electron chi connectivity index (χ2n) is 4.38. The van der Waals surface area contributed by atoms with Crippen molar-refractivity contribution in [2.45, 2.75) is 12.5 Å². The van der Waals surface area contributed by atoms with Crippen LogP contribution in [0.1, 0.15) is 6.42 Å². The van der Waals surface area contributed by atoms with E-state index in [0.29, 0.717) is 23.6 Å². The van der Waals surface area contributed by atoms with Gasteiger partial charge in [0.2, 0.25) is 0 Å². The Morgan fingerprint density at radius 3 is 2.48 bits per heavy atom. The van der Waals surface area contributed by atoms with E-state index in [2.05, 4.69) is 5.32 Å². The quantitative estimate of drug-likeness (QED) is 0.805. The number of carbonyl (C=O) groups is 2. The number of carboxylic acids is 1. The predicted octanol–water partition coefficient (Wildman–Crippen LogP) is 2.05. The molecule has 0 aliphatic carbocycles. The van der Waals surface area contributed by atoms with Crippen LogP contribution in [0.15, 0.2) is 24.3 Å². The molecule has 7 heteroatoms. The van der Waals surface area contributed by atoms with Gasteiger partial charge in [-0.1, -0.05) is 0 Å². The molecular formula is C14H20N2O4S. The third-order valence-electron chi connectivity index (χ3n) is 2.97. The first-order valence-electron chi connectivity index (χ1n) is 6.39. The smallest absolute Gasteiger partial charge is 0.326 e. The molecule has 0 aromatic heterocycles. The van der Waals surface area contributed by atoms with Crippen molar-refractivity contribution in [3.8, 4) is 5.75 Å². The maximum Gasteiger partial charge on any atom is 0.326 e. The van der Waals surface area contributed by atoms with Crippen molar-refractivity contribution < 1.29 is 19.4 Å². The second-order valence-corrected chi connectivity index (χ2v) is 5.36. The van der Waals surface area contributed by atoms with Gasteiger partial charge in [-0.05, 0) is 42.7 Å². The van der Waals surface area contributed by atoms with Gasteiger partial charge in [0, 0.05) is 12.7 Å². The van der Waals surface area contributed by atoms with E-state index in [1.165, 1.54) is 4.90 Å². The molecule has 1 atom stereocenters. The molecule has 0 spiro atoms. The number of aliphatic carboxylic acids is 1. The summed E-state index contributed by atoms with van der Waals surface area (Å²) in [5.41, 5.74) is 0.655. The Morgan fingerprint density at radius 1 is 1.38 bits per heavy atom. The van der Waals surface area contributed by atoms with Gasteiger partial charge in [0.1, 0.15) is 11.8 Å². The molecule has 0 aliphatic rings. The predicted molar refractivity (Wildman–Crippen MR) is 84.4 cm³/mol. The van der Waals surface area contributed by atoms with Crippen LogP contribution in [0.2, 0.25) is 0 Å². The van der Waals surface area contributed by atoms with Crippen molar-refractivity contribution in [1.82, 2.24) is 5.32 Å². The van der Waals surface area contributed by atoms with Crippen molar-refractivity contribution in [1.29, 1.82) is 0 Å². The Hall–Kier alpha value is -1.89. The summed E-state index contributed by atoms with van der Waals surface area (Å²) in [7, 11) is 3.15. The molecule has 1 rings (SSSR count). The monoisotopic (exact) mass is 312 g/mol. The minimum atomic E-state index is -1.03. The fourth-order valence-electron chi connectivity index (χ4n) is 1.66. The molecule has 0 saturated carbocycles. The molecule has 21 heavy (non-hydrogen) atoms. The molecule has 116 valence electrons. The number of benzene rings is 1. The fourth-order valence-corrected chi connectivity index (χ4v) is 2.13. The van der Waals surface area contributed by atoms with E-state index in [-0.39, 0.29) is 0 Å². The van der Waals surface area contributed by atoms with Crippen LogP contribution < -0.4 is 15.0 Å². The number of nitrogens with one attached hydrogen (secondary N) is 1. The zero-order valence-corrected chi connectivity index (χ0v) is 13.1. The van der Waals surface area contributed by atoms with Gasteiger partial charge < -0.3 is 15.2 Å². The van der Waals surface area contributed by atoms with Gasteiger partial charge >= 0.3 is 12.0 Å². The van der Waals surface area contributed by atoms with Crippen molar-refractivity contribution in [2.24, 2.45) is 0 Å². The molecule has 0 saturated heterocycles. The number of hydrogen-bond acceptors (Lipinski definition) is 4. The van der Waals surface area contributed by atoms with Gasteiger partial charge in [0.15, 0.2) is 0 Å². The lowest BCUT2D eigenvalue weighted by atomic mass is 10.2. The number of carboxylic acid groups (broad SMARTS) is 1. The number of carbonyl (C=O) groups excluding carboxylic acids is 1. The molecule has 1 aromatic rings. The minimum absolute atomic E-state index is 0.388. The van der Waals surface area contributed by atoms with Crippen LogP contribution in [0.4, 0.5) is 10.5 Å². The lowest BCUT2D eigenvalue weighted by Crippen LogP contribution is -2.47. The Labute approximate surface area is 128 Å². The Kier molecular flexibility index (Phi) is 6.87. The largest absolute Gasteiger partial charge is 0.497 e. The molecule has 0 heterocycles. The standard InChI is InChI=1S/C14H20N2O4S/c1-16(10-4-6-11(20-2)7-5-10)14(19)15-12(13(17)18)8-9-21-3/h4-7,12H,8-9H2,1-3H3,(H,15,19)(H,17,18)/t12-/m1/s1. The summed E-state index contributed by atoms with van der Waals surface area (Å²) in [6, 6.07) is 5.61. The summed E-state index contributed by atoms with van der Waals surface area (Å²) >= 11 is 1.54. The zero-order chi connectivity index (χ0) is 15.8. The topological polar surface area (TPSA) is 78.9 Å². The number of nitrogens with zero attached hydrogens (tertiary/aromatic N) is 1. The Bertz CT molecular complexity index is 478. The maximum absolute atomic E-state index is 12.1. The zero-order valence-electron chi connectivity index (χ0n) is 12.3. The van der Waals surface area contributed by atoms with Gasteiger partial charge in [-0.15, -0.1) is 0 Å². The van der Waals surface area contributed by atoms with Crippen molar-refractivity contribution in [3.63, 3.8) is 0 Å². The van der Waals surface area contributed by atoms with Crippen LogP contribution in [-0.4, -0.2) is 49.3 Å². The van der Waals surface area contributed by atoms with E-state index in [4.69, 9.17) is 9.84 Å². The Balaban J connectivity index is 2.69. The minimum Gasteiger partial charge on any atom is -0.497 e. The molecule has 6 nitrogen and oxygen atoms in total. The van der Waals surface area contributed by atoms with Crippen LogP contribution in [0.3, 0.4) is 0 Å². The number of urea groups is 1. The number of anilines is 1. The van der Waals surface area contributed by atoms with Crippen LogP contribution in [-0.2, 0) is 4.79 Å². The summed E-state index contributed by atoms with van der Waals surface area (Å²) in [5.74, 6) is 0.334. The highest BCUT2D eigenvalue weighted by atomic mass is 32.2. The number of amides is 2. The molecule has 2 N–H and O–H groups in total. The highest BCUT2D eigenvalue weighted by Gasteiger charge is 2.21. The number of methoxy groups -OCH3 is 1. The number of hydrogen-bond donors (Lipinski definition) is 2. The number of ether oxygens (including phenoxy) is 1. The van der Waals surface area contributed by atoms with E-state index in [9.17, 15) is 9.59 Å². The SMILES string of the molecule is COc1ccc(N(C)C(=O)N[C@H](CCSC)C(=O)O)cc1. The Morgan fingerprint density at radius 2 is 2.00 bits per heavy atom. The number of thioether (sulfide) groups is 1. The first-order valence-corrected chi connectivity index (χ1v) is 7.79.